The minimum Gasteiger partial charge on any atom is -0.495 e. The molecule has 0 aliphatic heterocycles. The zero-order chi connectivity index (χ0) is 16.8. The highest BCUT2D eigenvalue weighted by molar-refractivity contribution is 6.32. The molecule has 0 aliphatic rings. The average molecular weight is 340 g/mol. The van der Waals surface area contributed by atoms with Crippen molar-refractivity contribution in [3.05, 3.63) is 83.4 Å². The van der Waals surface area contributed by atoms with Crippen molar-refractivity contribution in [2.24, 2.45) is 0 Å². The topological polar surface area (TPSA) is 30.5 Å². The Kier molecular flexibility index (Phi) is 5.24. The summed E-state index contributed by atoms with van der Waals surface area (Å²) in [5.74, 6) is 2.31. The first kappa shape index (κ1) is 16.2. The van der Waals surface area contributed by atoms with Crippen molar-refractivity contribution in [2.45, 2.75) is 6.54 Å². The van der Waals surface area contributed by atoms with Gasteiger partial charge in [-0.15, -0.1) is 0 Å². The lowest BCUT2D eigenvalue weighted by Crippen LogP contribution is -1.99. The third kappa shape index (κ3) is 4.21. The van der Waals surface area contributed by atoms with Gasteiger partial charge in [0.05, 0.1) is 12.1 Å². The van der Waals surface area contributed by atoms with Crippen LogP contribution in [0.15, 0.2) is 72.8 Å². The van der Waals surface area contributed by atoms with E-state index in [0.717, 1.165) is 22.7 Å². The Morgan fingerprint density at radius 3 is 2.25 bits per heavy atom. The van der Waals surface area contributed by atoms with Gasteiger partial charge >= 0.3 is 0 Å². The predicted molar refractivity (Wildman–Crippen MR) is 98.3 cm³/mol. The standard InChI is InChI=1S/C20H18ClNO2/c1-23-20-12-7-15(13-19(20)21)14-22-16-8-10-18(11-9-16)24-17-5-3-2-4-6-17/h2-13,22H,14H2,1H3. The number of halogens is 1. The zero-order valence-electron chi connectivity index (χ0n) is 13.3. The fraction of sp³-hybridized carbons (Fsp3) is 0.100. The van der Waals surface area contributed by atoms with Gasteiger partial charge in [-0.25, -0.2) is 0 Å². The second-order valence-corrected chi connectivity index (χ2v) is 5.67. The predicted octanol–water partition coefficient (Wildman–Crippen LogP) is 5.75. The molecule has 0 spiro atoms. The van der Waals surface area contributed by atoms with Crippen LogP contribution in [0.1, 0.15) is 5.56 Å². The first-order chi connectivity index (χ1) is 11.7. The molecule has 0 heterocycles. The molecule has 0 radical (unpaired) electrons. The molecule has 24 heavy (non-hydrogen) atoms. The van der Waals surface area contributed by atoms with Crippen LogP contribution in [-0.4, -0.2) is 7.11 Å². The number of para-hydroxylation sites is 1. The van der Waals surface area contributed by atoms with Crippen molar-refractivity contribution in [3.8, 4) is 17.2 Å². The number of methoxy groups -OCH3 is 1. The van der Waals surface area contributed by atoms with E-state index < -0.39 is 0 Å². The fourth-order valence-corrected chi connectivity index (χ4v) is 2.57. The molecule has 0 saturated heterocycles. The molecule has 0 unspecified atom stereocenters. The first-order valence-corrected chi connectivity index (χ1v) is 8.01. The van der Waals surface area contributed by atoms with E-state index in [2.05, 4.69) is 5.32 Å². The SMILES string of the molecule is COc1ccc(CNc2ccc(Oc3ccccc3)cc2)cc1Cl. The Bertz CT molecular complexity index is 788. The molecular weight excluding hydrogens is 322 g/mol. The number of ether oxygens (including phenoxy) is 2. The van der Waals surface area contributed by atoms with E-state index >= 15 is 0 Å². The van der Waals surface area contributed by atoms with Gasteiger partial charge in [0.15, 0.2) is 0 Å². The average Bonchev–Trinajstić information content (AvgIpc) is 2.62. The summed E-state index contributed by atoms with van der Waals surface area (Å²) in [6.07, 6.45) is 0. The van der Waals surface area contributed by atoms with E-state index in [0.29, 0.717) is 17.3 Å². The highest BCUT2D eigenvalue weighted by atomic mass is 35.5. The summed E-state index contributed by atoms with van der Waals surface area (Å²) in [6, 6.07) is 23.3. The molecule has 0 aromatic heterocycles. The summed E-state index contributed by atoms with van der Waals surface area (Å²) in [7, 11) is 1.61. The van der Waals surface area contributed by atoms with Crippen molar-refractivity contribution in [1.82, 2.24) is 0 Å². The normalized spacial score (nSPS) is 10.2. The highest BCUT2D eigenvalue weighted by Gasteiger charge is 2.02. The van der Waals surface area contributed by atoms with Crippen molar-refractivity contribution >= 4 is 17.3 Å². The lowest BCUT2D eigenvalue weighted by atomic mass is 10.2. The van der Waals surface area contributed by atoms with Gasteiger partial charge < -0.3 is 14.8 Å². The second-order valence-electron chi connectivity index (χ2n) is 5.26. The van der Waals surface area contributed by atoms with Gasteiger partial charge in [0, 0.05) is 12.2 Å². The lowest BCUT2D eigenvalue weighted by Gasteiger charge is -2.10. The number of rotatable bonds is 6. The summed E-state index contributed by atoms with van der Waals surface area (Å²) in [5, 5.41) is 3.98. The molecule has 1 N–H and O–H groups in total. The quantitative estimate of drug-likeness (QED) is 0.620. The number of hydrogen-bond acceptors (Lipinski definition) is 3. The highest BCUT2D eigenvalue weighted by Crippen LogP contribution is 2.26. The maximum Gasteiger partial charge on any atom is 0.137 e. The number of nitrogens with one attached hydrogen (secondary N) is 1. The van der Waals surface area contributed by atoms with Crippen molar-refractivity contribution < 1.29 is 9.47 Å². The van der Waals surface area contributed by atoms with Gasteiger partial charge in [0.25, 0.3) is 0 Å². The minimum absolute atomic E-state index is 0.614. The summed E-state index contributed by atoms with van der Waals surface area (Å²) in [4.78, 5) is 0. The molecule has 0 aliphatic carbocycles. The van der Waals surface area contributed by atoms with Crippen molar-refractivity contribution in [1.29, 1.82) is 0 Å². The van der Waals surface area contributed by atoms with Crippen LogP contribution in [0.25, 0.3) is 0 Å². The van der Waals surface area contributed by atoms with Crippen LogP contribution in [0.3, 0.4) is 0 Å². The van der Waals surface area contributed by atoms with Gasteiger partial charge in [-0.1, -0.05) is 35.9 Å². The lowest BCUT2D eigenvalue weighted by molar-refractivity contribution is 0.415. The van der Waals surface area contributed by atoms with Crippen LogP contribution in [0.5, 0.6) is 17.2 Å². The molecule has 3 rings (SSSR count). The van der Waals surface area contributed by atoms with E-state index in [1.165, 1.54) is 0 Å². The maximum absolute atomic E-state index is 6.14. The van der Waals surface area contributed by atoms with Gasteiger partial charge in [0.1, 0.15) is 17.2 Å². The molecule has 4 heteroatoms. The van der Waals surface area contributed by atoms with Gasteiger partial charge in [-0.3, -0.25) is 0 Å². The van der Waals surface area contributed by atoms with E-state index in [-0.39, 0.29) is 0 Å². The number of hydrogen-bond donors (Lipinski definition) is 1. The Hall–Kier alpha value is -2.65. The molecule has 0 bridgehead atoms. The third-order valence-electron chi connectivity index (χ3n) is 3.55. The van der Waals surface area contributed by atoms with Gasteiger partial charge in [-0.05, 0) is 54.1 Å². The largest absolute Gasteiger partial charge is 0.495 e. The van der Waals surface area contributed by atoms with E-state index in [1.807, 2.05) is 72.8 Å². The van der Waals surface area contributed by atoms with Crippen LogP contribution in [0, 0.1) is 0 Å². The fourth-order valence-electron chi connectivity index (χ4n) is 2.29. The van der Waals surface area contributed by atoms with Gasteiger partial charge in [0.2, 0.25) is 0 Å². The molecule has 3 aromatic carbocycles. The van der Waals surface area contributed by atoms with Crippen LogP contribution in [0.2, 0.25) is 5.02 Å². The molecule has 3 aromatic rings. The Labute approximate surface area is 146 Å². The van der Waals surface area contributed by atoms with E-state index in [4.69, 9.17) is 21.1 Å². The Morgan fingerprint density at radius 2 is 1.58 bits per heavy atom. The Morgan fingerprint density at radius 1 is 0.875 bits per heavy atom. The van der Waals surface area contributed by atoms with Crippen LogP contribution in [-0.2, 0) is 6.54 Å². The first-order valence-electron chi connectivity index (χ1n) is 7.64. The monoisotopic (exact) mass is 339 g/mol. The minimum atomic E-state index is 0.614. The zero-order valence-corrected chi connectivity index (χ0v) is 14.1. The Balaban J connectivity index is 1.59. The van der Waals surface area contributed by atoms with Crippen LogP contribution < -0.4 is 14.8 Å². The molecule has 0 amide bonds. The molecule has 122 valence electrons. The molecule has 0 fully saturated rings. The summed E-state index contributed by atoms with van der Waals surface area (Å²) >= 11 is 6.14. The molecule has 3 nitrogen and oxygen atoms in total. The molecular formula is C20H18ClNO2. The maximum atomic E-state index is 6.14. The second kappa shape index (κ2) is 7.75. The summed E-state index contributed by atoms with van der Waals surface area (Å²) < 4.78 is 10.9. The van der Waals surface area contributed by atoms with Crippen molar-refractivity contribution in [3.63, 3.8) is 0 Å². The number of anilines is 1. The third-order valence-corrected chi connectivity index (χ3v) is 3.84. The van der Waals surface area contributed by atoms with Gasteiger partial charge in [-0.2, -0.15) is 0 Å². The van der Waals surface area contributed by atoms with Crippen LogP contribution >= 0.6 is 11.6 Å². The van der Waals surface area contributed by atoms with E-state index in [9.17, 15) is 0 Å². The summed E-state index contributed by atoms with van der Waals surface area (Å²) in [6.45, 7) is 0.683. The summed E-state index contributed by atoms with van der Waals surface area (Å²) in [5.41, 5.74) is 2.10. The van der Waals surface area contributed by atoms with Crippen molar-refractivity contribution in [2.75, 3.05) is 12.4 Å². The van der Waals surface area contributed by atoms with Crippen LogP contribution in [0.4, 0.5) is 5.69 Å². The molecule has 0 atom stereocenters. The van der Waals surface area contributed by atoms with E-state index in [1.54, 1.807) is 7.11 Å². The smallest absolute Gasteiger partial charge is 0.137 e. The number of benzene rings is 3. The molecule has 0 saturated carbocycles.